The molecule has 0 saturated carbocycles. The molecule has 1 aromatic carbocycles. The van der Waals surface area contributed by atoms with E-state index in [9.17, 15) is 4.39 Å². The number of hydrogen-bond acceptors (Lipinski definition) is 1. The van der Waals surface area contributed by atoms with Crippen molar-refractivity contribution in [1.29, 1.82) is 0 Å². The van der Waals surface area contributed by atoms with Gasteiger partial charge in [-0.05, 0) is 23.0 Å². The average molecular weight is 223 g/mol. The van der Waals surface area contributed by atoms with Gasteiger partial charge < -0.3 is 5.73 Å². The van der Waals surface area contributed by atoms with Gasteiger partial charge in [-0.1, -0.05) is 52.0 Å². The van der Waals surface area contributed by atoms with Crippen LogP contribution in [0.2, 0.25) is 0 Å². The van der Waals surface area contributed by atoms with E-state index in [0.717, 1.165) is 0 Å². The Morgan fingerprint density at radius 3 is 1.94 bits per heavy atom. The molecular formula is C14H22FN. The Balaban J connectivity index is 3.04. The summed E-state index contributed by atoms with van der Waals surface area (Å²) in [6, 6.07) is 7.71. The molecule has 1 atom stereocenters. The molecular weight excluding hydrogens is 201 g/mol. The van der Waals surface area contributed by atoms with Crippen LogP contribution >= 0.6 is 0 Å². The molecule has 1 unspecified atom stereocenters. The fraction of sp³-hybridized carbons (Fsp3) is 0.571. The third-order valence-corrected chi connectivity index (χ3v) is 3.27. The van der Waals surface area contributed by atoms with Crippen molar-refractivity contribution in [1.82, 2.24) is 0 Å². The van der Waals surface area contributed by atoms with Crippen LogP contribution in [0.4, 0.5) is 4.39 Å². The molecule has 1 aromatic rings. The Labute approximate surface area is 97.9 Å². The Morgan fingerprint density at radius 2 is 1.62 bits per heavy atom. The van der Waals surface area contributed by atoms with Crippen LogP contribution in [0.3, 0.4) is 0 Å². The van der Waals surface area contributed by atoms with Crippen LogP contribution in [0, 0.1) is 5.92 Å². The number of hydrogen-bond donors (Lipinski definition) is 1. The fourth-order valence-corrected chi connectivity index (χ4v) is 1.83. The number of rotatable bonds is 4. The largest absolute Gasteiger partial charge is 0.327 e. The summed E-state index contributed by atoms with van der Waals surface area (Å²) in [6.07, 6.45) is 0. The second-order valence-corrected chi connectivity index (χ2v) is 5.00. The Kier molecular flexibility index (Phi) is 4.09. The van der Waals surface area contributed by atoms with Gasteiger partial charge in [-0.15, -0.1) is 0 Å². The SMILES string of the molecule is CC(C)c1ccc(C(F)(CN)C(C)C)cc1. The number of halogens is 1. The minimum Gasteiger partial charge on any atom is -0.327 e. The lowest BCUT2D eigenvalue weighted by molar-refractivity contribution is 0.109. The predicted octanol–water partition coefficient (Wildman–Crippen LogP) is 3.59. The summed E-state index contributed by atoms with van der Waals surface area (Å²) in [5.41, 5.74) is 6.07. The molecule has 0 saturated heterocycles. The molecule has 90 valence electrons. The van der Waals surface area contributed by atoms with Crippen LogP contribution in [-0.2, 0) is 5.67 Å². The summed E-state index contributed by atoms with van der Waals surface area (Å²) in [5, 5.41) is 0. The Morgan fingerprint density at radius 1 is 1.12 bits per heavy atom. The van der Waals surface area contributed by atoms with E-state index >= 15 is 0 Å². The molecule has 0 heterocycles. The van der Waals surface area contributed by atoms with Crippen molar-refractivity contribution in [3.8, 4) is 0 Å². The van der Waals surface area contributed by atoms with E-state index in [1.807, 2.05) is 38.1 Å². The molecule has 1 nitrogen and oxygen atoms in total. The molecule has 0 bridgehead atoms. The van der Waals surface area contributed by atoms with Crippen LogP contribution in [0.1, 0.15) is 44.7 Å². The maximum atomic E-state index is 14.6. The molecule has 0 aliphatic heterocycles. The molecule has 1 rings (SSSR count). The summed E-state index contributed by atoms with van der Waals surface area (Å²) in [4.78, 5) is 0. The van der Waals surface area contributed by atoms with Gasteiger partial charge >= 0.3 is 0 Å². The van der Waals surface area contributed by atoms with Gasteiger partial charge in [0, 0.05) is 6.54 Å². The standard InChI is InChI=1S/C14H22FN/c1-10(2)12-5-7-13(8-6-12)14(15,9-16)11(3)4/h5-8,10-11H,9,16H2,1-4H3. The maximum Gasteiger partial charge on any atom is 0.150 e. The molecule has 0 fully saturated rings. The van der Waals surface area contributed by atoms with Crippen molar-refractivity contribution in [3.63, 3.8) is 0 Å². The molecule has 0 spiro atoms. The topological polar surface area (TPSA) is 26.0 Å². The van der Waals surface area contributed by atoms with Crippen LogP contribution in [-0.4, -0.2) is 6.54 Å². The van der Waals surface area contributed by atoms with Crippen LogP contribution in [0.5, 0.6) is 0 Å². The van der Waals surface area contributed by atoms with Crippen molar-refractivity contribution in [3.05, 3.63) is 35.4 Å². The van der Waals surface area contributed by atoms with Crippen LogP contribution in [0.25, 0.3) is 0 Å². The summed E-state index contributed by atoms with van der Waals surface area (Å²) in [5.74, 6) is 0.363. The van der Waals surface area contributed by atoms with Crippen LogP contribution < -0.4 is 5.73 Å². The zero-order valence-electron chi connectivity index (χ0n) is 10.6. The molecule has 0 aliphatic rings. The monoisotopic (exact) mass is 223 g/mol. The lowest BCUT2D eigenvalue weighted by Gasteiger charge is -2.28. The minimum absolute atomic E-state index is 0.0334. The van der Waals surface area contributed by atoms with Crippen LogP contribution in [0.15, 0.2) is 24.3 Å². The Hall–Kier alpha value is -0.890. The van der Waals surface area contributed by atoms with Gasteiger partial charge in [-0.2, -0.15) is 0 Å². The van der Waals surface area contributed by atoms with Crippen molar-refractivity contribution in [2.24, 2.45) is 11.7 Å². The summed E-state index contributed by atoms with van der Waals surface area (Å²) >= 11 is 0. The maximum absolute atomic E-state index is 14.6. The smallest absolute Gasteiger partial charge is 0.150 e. The van der Waals surface area contributed by atoms with Crippen molar-refractivity contribution < 1.29 is 4.39 Å². The highest BCUT2D eigenvalue weighted by molar-refractivity contribution is 5.29. The highest BCUT2D eigenvalue weighted by Gasteiger charge is 2.34. The molecule has 0 aliphatic carbocycles. The van der Waals surface area contributed by atoms with E-state index in [1.54, 1.807) is 0 Å². The van der Waals surface area contributed by atoms with E-state index in [1.165, 1.54) is 5.56 Å². The first kappa shape index (κ1) is 13.2. The van der Waals surface area contributed by atoms with Gasteiger partial charge in [0.15, 0.2) is 0 Å². The predicted molar refractivity (Wildman–Crippen MR) is 67.2 cm³/mol. The molecule has 16 heavy (non-hydrogen) atoms. The highest BCUT2D eigenvalue weighted by Crippen LogP contribution is 2.33. The van der Waals surface area contributed by atoms with Gasteiger partial charge in [-0.25, -0.2) is 4.39 Å². The van der Waals surface area contributed by atoms with Gasteiger partial charge in [0.2, 0.25) is 0 Å². The van der Waals surface area contributed by atoms with Gasteiger partial charge in [0.05, 0.1) is 0 Å². The summed E-state index contributed by atoms with van der Waals surface area (Å²) in [6.45, 7) is 8.02. The first-order valence-electron chi connectivity index (χ1n) is 5.91. The zero-order chi connectivity index (χ0) is 12.3. The van der Waals surface area contributed by atoms with Gasteiger partial charge in [0.25, 0.3) is 0 Å². The third kappa shape index (κ3) is 2.43. The molecule has 0 amide bonds. The summed E-state index contributed by atoms with van der Waals surface area (Å²) in [7, 11) is 0. The number of nitrogens with two attached hydrogens (primary N) is 1. The van der Waals surface area contributed by atoms with Gasteiger partial charge in [-0.3, -0.25) is 0 Å². The van der Waals surface area contributed by atoms with Crippen molar-refractivity contribution in [2.75, 3.05) is 6.54 Å². The molecule has 0 radical (unpaired) electrons. The van der Waals surface area contributed by atoms with E-state index in [-0.39, 0.29) is 12.5 Å². The second kappa shape index (κ2) is 4.96. The first-order valence-corrected chi connectivity index (χ1v) is 5.91. The molecule has 2 heteroatoms. The first-order chi connectivity index (χ1) is 7.41. The lowest BCUT2D eigenvalue weighted by atomic mass is 9.84. The number of benzene rings is 1. The highest BCUT2D eigenvalue weighted by atomic mass is 19.1. The van der Waals surface area contributed by atoms with Crippen molar-refractivity contribution >= 4 is 0 Å². The second-order valence-electron chi connectivity index (χ2n) is 5.00. The zero-order valence-corrected chi connectivity index (χ0v) is 10.6. The van der Waals surface area contributed by atoms with Gasteiger partial charge in [0.1, 0.15) is 5.67 Å². The normalized spacial score (nSPS) is 15.5. The summed E-state index contributed by atoms with van der Waals surface area (Å²) < 4.78 is 14.6. The molecule has 2 N–H and O–H groups in total. The van der Waals surface area contributed by atoms with E-state index in [4.69, 9.17) is 5.73 Å². The van der Waals surface area contributed by atoms with E-state index in [2.05, 4.69) is 13.8 Å². The average Bonchev–Trinajstić information content (AvgIpc) is 2.27. The van der Waals surface area contributed by atoms with Crippen molar-refractivity contribution in [2.45, 2.75) is 39.3 Å². The fourth-order valence-electron chi connectivity index (χ4n) is 1.83. The minimum atomic E-state index is -1.41. The molecule has 0 aromatic heterocycles. The third-order valence-electron chi connectivity index (χ3n) is 3.27. The Bertz CT molecular complexity index is 329. The number of alkyl halides is 1. The lowest BCUT2D eigenvalue weighted by Crippen LogP contribution is -2.35. The quantitative estimate of drug-likeness (QED) is 0.829. The van der Waals surface area contributed by atoms with E-state index in [0.29, 0.717) is 11.5 Å². The van der Waals surface area contributed by atoms with E-state index < -0.39 is 5.67 Å².